The molecule has 0 aromatic heterocycles. The number of hydrogen-bond donors (Lipinski definition) is 0. The normalized spacial score (nSPS) is 16.7. The number of hydrogen-bond acceptors (Lipinski definition) is 3. The summed E-state index contributed by atoms with van der Waals surface area (Å²) in [5, 5.41) is 0. The van der Waals surface area contributed by atoms with E-state index in [1.54, 1.807) is 0 Å². The molecule has 2 atom stereocenters. The van der Waals surface area contributed by atoms with Crippen molar-refractivity contribution in [2.24, 2.45) is 0 Å². The highest BCUT2D eigenvalue weighted by molar-refractivity contribution is 5.69. The molecular formula is C26H50O3. The van der Waals surface area contributed by atoms with Gasteiger partial charge in [0.2, 0.25) is 0 Å². The Balaban J connectivity index is 1.67. The Morgan fingerprint density at radius 2 is 1.07 bits per heavy atom. The van der Waals surface area contributed by atoms with Crippen molar-refractivity contribution in [2.45, 2.75) is 154 Å². The van der Waals surface area contributed by atoms with Gasteiger partial charge in [-0.3, -0.25) is 4.79 Å². The van der Waals surface area contributed by atoms with Crippen molar-refractivity contribution in [1.82, 2.24) is 0 Å². The lowest BCUT2D eigenvalue weighted by atomic mass is 10.0. The molecule has 1 aliphatic heterocycles. The van der Waals surface area contributed by atoms with Gasteiger partial charge in [0.15, 0.2) is 0 Å². The smallest absolute Gasteiger partial charge is 0.306 e. The number of ether oxygens (including phenoxy) is 2. The maximum atomic E-state index is 11.7. The maximum absolute atomic E-state index is 11.7. The molecule has 0 bridgehead atoms. The molecule has 2 unspecified atom stereocenters. The first-order chi connectivity index (χ1) is 14.2. The van der Waals surface area contributed by atoms with Gasteiger partial charge in [-0.1, -0.05) is 122 Å². The summed E-state index contributed by atoms with van der Waals surface area (Å²) in [6.07, 6.45) is 26.8. The van der Waals surface area contributed by atoms with Crippen LogP contribution in [0.1, 0.15) is 142 Å². The molecule has 1 fully saturated rings. The first-order valence-corrected chi connectivity index (χ1v) is 13.0. The van der Waals surface area contributed by atoms with Crippen LogP contribution < -0.4 is 0 Å². The van der Waals surface area contributed by atoms with Crippen molar-refractivity contribution in [3.05, 3.63) is 0 Å². The maximum Gasteiger partial charge on any atom is 0.306 e. The van der Waals surface area contributed by atoms with Gasteiger partial charge in [0.05, 0.1) is 6.61 Å². The Kier molecular flexibility index (Phi) is 17.7. The molecule has 29 heavy (non-hydrogen) atoms. The van der Waals surface area contributed by atoms with Crippen LogP contribution in [0.5, 0.6) is 0 Å². The van der Waals surface area contributed by atoms with Crippen LogP contribution >= 0.6 is 0 Å². The topological polar surface area (TPSA) is 38.8 Å². The van der Waals surface area contributed by atoms with Crippen molar-refractivity contribution >= 4 is 5.97 Å². The number of unbranched alkanes of at least 4 members (excludes halogenated alkanes) is 18. The molecule has 0 aromatic carbocycles. The lowest BCUT2D eigenvalue weighted by molar-refractivity contribution is -0.149. The van der Waals surface area contributed by atoms with E-state index in [4.69, 9.17) is 9.47 Å². The number of carbonyl (C=O) groups is 1. The van der Waals surface area contributed by atoms with Crippen LogP contribution in [0.4, 0.5) is 0 Å². The van der Waals surface area contributed by atoms with Crippen molar-refractivity contribution in [3.63, 3.8) is 0 Å². The molecule has 3 nitrogen and oxygen atoms in total. The molecule has 0 amide bonds. The Bertz CT molecular complexity index is 365. The summed E-state index contributed by atoms with van der Waals surface area (Å²) in [4.78, 5) is 11.7. The number of epoxide rings is 1. The zero-order valence-corrected chi connectivity index (χ0v) is 19.7. The second-order valence-electron chi connectivity index (χ2n) is 9.18. The predicted molar refractivity (Wildman–Crippen MR) is 123 cm³/mol. The lowest BCUT2D eigenvalue weighted by Crippen LogP contribution is -2.19. The van der Waals surface area contributed by atoms with Crippen molar-refractivity contribution in [2.75, 3.05) is 6.61 Å². The van der Waals surface area contributed by atoms with Gasteiger partial charge in [0, 0.05) is 6.42 Å². The van der Waals surface area contributed by atoms with E-state index < -0.39 is 0 Å². The van der Waals surface area contributed by atoms with Crippen molar-refractivity contribution in [3.8, 4) is 0 Å². The van der Waals surface area contributed by atoms with Gasteiger partial charge in [0.1, 0.15) is 12.2 Å². The highest BCUT2D eigenvalue weighted by atomic mass is 16.6. The van der Waals surface area contributed by atoms with Gasteiger partial charge in [-0.15, -0.1) is 0 Å². The zero-order chi connectivity index (χ0) is 21.0. The molecule has 1 saturated heterocycles. The highest BCUT2D eigenvalue weighted by Crippen LogP contribution is 2.18. The molecule has 1 rings (SSSR count). The molecule has 0 saturated carbocycles. The molecule has 0 radical (unpaired) electrons. The molecule has 172 valence electrons. The summed E-state index contributed by atoms with van der Waals surface area (Å²) in [6.45, 7) is 4.95. The van der Waals surface area contributed by atoms with E-state index in [1.807, 2.05) is 6.92 Å². The molecule has 0 N–H and O–H groups in total. The second kappa shape index (κ2) is 19.4. The van der Waals surface area contributed by atoms with Crippen molar-refractivity contribution < 1.29 is 14.3 Å². The van der Waals surface area contributed by atoms with Crippen LogP contribution in [-0.4, -0.2) is 24.8 Å². The first-order valence-electron chi connectivity index (χ1n) is 13.0. The summed E-state index contributed by atoms with van der Waals surface area (Å²) in [6, 6.07) is 0. The van der Waals surface area contributed by atoms with Crippen LogP contribution in [0.25, 0.3) is 0 Å². The van der Waals surface area contributed by atoms with E-state index in [0.29, 0.717) is 6.42 Å². The summed E-state index contributed by atoms with van der Waals surface area (Å²) >= 11 is 0. The minimum Gasteiger partial charge on any atom is -0.460 e. The lowest BCUT2D eigenvalue weighted by Gasteiger charge is -2.10. The molecule has 0 aromatic rings. The van der Waals surface area contributed by atoms with E-state index >= 15 is 0 Å². The molecule has 1 aliphatic rings. The first kappa shape index (κ1) is 26.5. The number of rotatable bonds is 22. The largest absolute Gasteiger partial charge is 0.460 e. The van der Waals surface area contributed by atoms with Gasteiger partial charge < -0.3 is 9.47 Å². The average Bonchev–Trinajstić information content (AvgIpc) is 3.55. The number of carbonyl (C=O) groups excluding carboxylic acids is 1. The molecule has 3 heteroatoms. The van der Waals surface area contributed by atoms with Gasteiger partial charge in [-0.05, 0) is 13.3 Å². The quantitative estimate of drug-likeness (QED) is 0.103. The van der Waals surface area contributed by atoms with E-state index in [-0.39, 0.29) is 18.2 Å². The summed E-state index contributed by atoms with van der Waals surface area (Å²) < 4.78 is 10.5. The van der Waals surface area contributed by atoms with Crippen LogP contribution in [0.15, 0.2) is 0 Å². The molecule has 0 aliphatic carbocycles. The second-order valence-corrected chi connectivity index (χ2v) is 9.18. The predicted octanol–water partition coefficient (Wildman–Crippen LogP) is 8.14. The van der Waals surface area contributed by atoms with Crippen LogP contribution in [0, 0.1) is 0 Å². The van der Waals surface area contributed by atoms with E-state index in [0.717, 1.165) is 19.4 Å². The third-order valence-corrected chi connectivity index (χ3v) is 6.18. The average molecular weight is 411 g/mol. The highest BCUT2D eigenvalue weighted by Gasteiger charge is 2.31. The Morgan fingerprint density at radius 1 is 0.724 bits per heavy atom. The fourth-order valence-electron chi connectivity index (χ4n) is 4.02. The molecule has 0 spiro atoms. The number of esters is 1. The zero-order valence-electron chi connectivity index (χ0n) is 19.7. The standard InChI is InChI=1S/C26H50O3/c1-3-4-5-6-7-8-9-10-11-12-13-14-15-16-17-18-19-20-21-22-26(27)29-24(2)25-23-28-25/h24-25H,3-23H2,1-2H3. The SMILES string of the molecule is CCCCCCCCCCCCCCCCCCCCCC(=O)OC(C)C1CO1. The third-order valence-electron chi connectivity index (χ3n) is 6.18. The van der Waals surface area contributed by atoms with Gasteiger partial charge in [-0.25, -0.2) is 0 Å². The van der Waals surface area contributed by atoms with Gasteiger partial charge in [-0.2, -0.15) is 0 Å². The monoisotopic (exact) mass is 410 g/mol. The molecular weight excluding hydrogens is 360 g/mol. The van der Waals surface area contributed by atoms with Gasteiger partial charge >= 0.3 is 5.97 Å². The van der Waals surface area contributed by atoms with E-state index in [9.17, 15) is 4.79 Å². The fourth-order valence-corrected chi connectivity index (χ4v) is 4.02. The van der Waals surface area contributed by atoms with E-state index in [1.165, 1.54) is 109 Å². The minimum atomic E-state index is -0.0668. The van der Waals surface area contributed by atoms with Crippen LogP contribution in [-0.2, 0) is 14.3 Å². The Morgan fingerprint density at radius 3 is 1.41 bits per heavy atom. The Labute approximate surface area is 181 Å². The third kappa shape index (κ3) is 18.0. The summed E-state index contributed by atoms with van der Waals surface area (Å²) in [5.41, 5.74) is 0. The fraction of sp³-hybridized carbons (Fsp3) is 0.962. The molecule has 1 heterocycles. The van der Waals surface area contributed by atoms with Gasteiger partial charge in [0.25, 0.3) is 0 Å². The summed E-state index contributed by atoms with van der Waals surface area (Å²) in [5.74, 6) is -0.0556. The van der Waals surface area contributed by atoms with E-state index in [2.05, 4.69) is 6.92 Å². The minimum absolute atomic E-state index is 0.0556. The summed E-state index contributed by atoms with van der Waals surface area (Å²) in [7, 11) is 0. The van der Waals surface area contributed by atoms with Crippen molar-refractivity contribution in [1.29, 1.82) is 0 Å². The Hall–Kier alpha value is -0.570. The van der Waals surface area contributed by atoms with Crippen LogP contribution in [0.3, 0.4) is 0 Å². The van der Waals surface area contributed by atoms with Crippen LogP contribution in [0.2, 0.25) is 0 Å².